The summed E-state index contributed by atoms with van der Waals surface area (Å²) < 4.78 is 25.1. The highest BCUT2D eigenvalue weighted by molar-refractivity contribution is 6.18. The monoisotopic (exact) mass is 297 g/mol. The third-order valence-electron chi connectivity index (χ3n) is 3.02. The lowest BCUT2D eigenvalue weighted by Gasteiger charge is -2.22. The van der Waals surface area contributed by atoms with Crippen molar-refractivity contribution in [3.05, 3.63) is 48.0 Å². The first-order chi connectivity index (χ1) is 9.63. The van der Waals surface area contributed by atoms with Crippen LogP contribution in [0.4, 0.5) is 8.78 Å². The SMILES string of the molecule is O=C(c1cccc2ccccc12)N(CCCl)CC(F)F. The van der Waals surface area contributed by atoms with Gasteiger partial charge >= 0.3 is 0 Å². The standard InChI is InChI=1S/C15H14ClF2NO/c16-8-9-19(10-14(17)18)15(20)13-7-3-5-11-4-1-2-6-12(11)13/h1-7,14H,8-10H2. The van der Waals surface area contributed by atoms with E-state index in [1.165, 1.54) is 0 Å². The number of nitrogens with zero attached hydrogens (tertiary/aromatic N) is 1. The normalized spacial score (nSPS) is 11.0. The second-order valence-electron chi connectivity index (χ2n) is 4.36. The van der Waals surface area contributed by atoms with E-state index in [1.807, 2.05) is 30.3 Å². The lowest BCUT2D eigenvalue weighted by atomic mass is 10.0. The molecule has 2 nitrogen and oxygen atoms in total. The number of alkyl halides is 3. The Kier molecular flexibility index (Phi) is 4.90. The summed E-state index contributed by atoms with van der Waals surface area (Å²) in [5.41, 5.74) is 0.425. The average molecular weight is 298 g/mol. The molecular formula is C15H14ClF2NO. The van der Waals surface area contributed by atoms with Gasteiger partial charge in [-0.3, -0.25) is 4.79 Å². The van der Waals surface area contributed by atoms with Crippen LogP contribution in [0.2, 0.25) is 0 Å². The van der Waals surface area contributed by atoms with Crippen molar-refractivity contribution in [3.8, 4) is 0 Å². The number of hydrogen-bond donors (Lipinski definition) is 0. The molecule has 0 N–H and O–H groups in total. The van der Waals surface area contributed by atoms with Gasteiger partial charge in [-0.25, -0.2) is 8.78 Å². The third-order valence-corrected chi connectivity index (χ3v) is 3.19. The first-order valence-electron chi connectivity index (χ1n) is 6.24. The summed E-state index contributed by atoms with van der Waals surface area (Å²) >= 11 is 5.59. The second-order valence-corrected chi connectivity index (χ2v) is 4.74. The Bertz CT molecular complexity index is 598. The molecule has 2 aromatic rings. The van der Waals surface area contributed by atoms with E-state index in [0.717, 1.165) is 15.7 Å². The smallest absolute Gasteiger partial charge is 0.255 e. The van der Waals surface area contributed by atoms with Crippen LogP contribution in [0.15, 0.2) is 42.5 Å². The van der Waals surface area contributed by atoms with E-state index in [4.69, 9.17) is 11.6 Å². The van der Waals surface area contributed by atoms with E-state index < -0.39 is 18.9 Å². The zero-order chi connectivity index (χ0) is 14.5. The van der Waals surface area contributed by atoms with Crippen molar-refractivity contribution in [2.24, 2.45) is 0 Å². The quantitative estimate of drug-likeness (QED) is 0.769. The maximum Gasteiger partial charge on any atom is 0.255 e. The van der Waals surface area contributed by atoms with Crippen LogP contribution in [0.25, 0.3) is 10.8 Å². The molecule has 20 heavy (non-hydrogen) atoms. The zero-order valence-corrected chi connectivity index (χ0v) is 11.5. The lowest BCUT2D eigenvalue weighted by Crippen LogP contribution is -2.36. The van der Waals surface area contributed by atoms with Gasteiger partial charge in [0.2, 0.25) is 0 Å². The Morgan fingerprint density at radius 1 is 1.15 bits per heavy atom. The summed E-state index contributed by atoms with van der Waals surface area (Å²) in [6, 6.07) is 12.7. The lowest BCUT2D eigenvalue weighted by molar-refractivity contribution is 0.0573. The van der Waals surface area contributed by atoms with Crippen molar-refractivity contribution < 1.29 is 13.6 Å². The van der Waals surface area contributed by atoms with E-state index in [2.05, 4.69) is 0 Å². The molecule has 0 bridgehead atoms. The molecule has 0 atom stereocenters. The van der Waals surface area contributed by atoms with Crippen LogP contribution in [-0.2, 0) is 0 Å². The fourth-order valence-electron chi connectivity index (χ4n) is 2.13. The van der Waals surface area contributed by atoms with Gasteiger partial charge in [-0.2, -0.15) is 0 Å². The number of hydrogen-bond acceptors (Lipinski definition) is 1. The minimum atomic E-state index is -2.57. The molecule has 0 aliphatic carbocycles. The predicted octanol–water partition coefficient (Wildman–Crippen LogP) is 3.79. The van der Waals surface area contributed by atoms with E-state index in [1.54, 1.807) is 12.1 Å². The van der Waals surface area contributed by atoms with Gasteiger partial charge in [0.15, 0.2) is 0 Å². The Morgan fingerprint density at radius 3 is 2.55 bits per heavy atom. The summed E-state index contributed by atoms with van der Waals surface area (Å²) in [5.74, 6) is -0.286. The Morgan fingerprint density at radius 2 is 1.85 bits per heavy atom. The molecule has 1 amide bonds. The Balaban J connectivity index is 2.38. The molecule has 0 aromatic heterocycles. The molecule has 0 unspecified atom stereocenters. The molecule has 5 heteroatoms. The summed E-state index contributed by atoms with van der Waals surface area (Å²) in [4.78, 5) is 13.5. The zero-order valence-electron chi connectivity index (χ0n) is 10.7. The van der Waals surface area contributed by atoms with E-state index in [9.17, 15) is 13.6 Å². The molecule has 0 heterocycles. The molecule has 106 valence electrons. The molecule has 0 aliphatic rings. The van der Waals surface area contributed by atoms with Gasteiger partial charge in [-0.15, -0.1) is 11.6 Å². The van der Waals surface area contributed by atoms with Crippen molar-refractivity contribution >= 4 is 28.3 Å². The van der Waals surface area contributed by atoms with Crippen molar-refractivity contribution in [1.82, 2.24) is 4.90 Å². The summed E-state index contributed by atoms with van der Waals surface area (Å²) in [6.07, 6.45) is -2.57. The van der Waals surface area contributed by atoms with Gasteiger partial charge in [-0.1, -0.05) is 36.4 Å². The number of fused-ring (bicyclic) bond motifs is 1. The van der Waals surface area contributed by atoms with Crippen LogP contribution < -0.4 is 0 Å². The van der Waals surface area contributed by atoms with Crippen molar-refractivity contribution in [1.29, 1.82) is 0 Å². The fraction of sp³-hybridized carbons (Fsp3) is 0.267. The van der Waals surface area contributed by atoms with Crippen molar-refractivity contribution in [3.63, 3.8) is 0 Å². The Hall–Kier alpha value is -1.68. The first kappa shape index (κ1) is 14.7. The Labute approximate surface area is 120 Å². The number of rotatable bonds is 5. The van der Waals surface area contributed by atoms with Crippen molar-refractivity contribution in [2.45, 2.75) is 6.43 Å². The third kappa shape index (κ3) is 3.25. The highest BCUT2D eigenvalue weighted by Gasteiger charge is 2.20. The fourth-order valence-corrected chi connectivity index (χ4v) is 2.33. The largest absolute Gasteiger partial charge is 0.332 e. The molecule has 0 saturated heterocycles. The van der Waals surface area contributed by atoms with Gasteiger partial charge in [-0.05, 0) is 16.8 Å². The van der Waals surface area contributed by atoms with Crippen LogP contribution in [0.1, 0.15) is 10.4 Å². The molecule has 0 spiro atoms. The predicted molar refractivity (Wildman–Crippen MR) is 76.6 cm³/mol. The van der Waals surface area contributed by atoms with Crippen LogP contribution in [0.5, 0.6) is 0 Å². The van der Waals surface area contributed by atoms with Gasteiger partial charge in [0, 0.05) is 18.0 Å². The number of carbonyl (C=O) groups excluding carboxylic acids is 1. The van der Waals surface area contributed by atoms with Crippen LogP contribution in [-0.4, -0.2) is 36.2 Å². The van der Waals surface area contributed by atoms with E-state index >= 15 is 0 Å². The molecule has 0 fully saturated rings. The second kappa shape index (κ2) is 6.66. The van der Waals surface area contributed by atoms with Gasteiger partial charge in [0.25, 0.3) is 12.3 Å². The molecule has 2 aromatic carbocycles. The maximum absolute atomic E-state index is 12.6. The summed E-state index contributed by atoms with van der Waals surface area (Å²) in [5, 5.41) is 1.66. The number of amides is 1. The minimum absolute atomic E-state index is 0.105. The summed E-state index contributed by atoms with van der Waals surface area (Å²) in [6.45, 7) is -0.497. The molecule has 0 saturated carbocycles. The van der Waals surface area contributed by atoms with Gasteiger partial charge in [0.05, 0.1) is 6.54 Å². The van der Waals surface area contributed by atoms with Gasteiger partial charge < -0.3 is 4.90 Å². The molecule has 0 radical (unpaired) electrons. The van der Waals surface area contributed by atoms with Crippen LogP contribution >= 0.6 is 11.6 Å². The topological polar surface area (TPSA) is 20.3 Å². The van der Waals surface area contributed by atoms with Gasteiger partial charge in [0.1, 0.15) is 0 Å². The van der Waals surface area contributed by atoms with Crippen LogP contribution in [0, 0.1) is 0 Å². The summed E-state index contributed by atoms with van der Waals surface area (Å²) in [7, 11) is 0. The highest BCUT2D eigenvalue weighted by Crippen LogP contribution is 2.20. The number of halogens is 3. The molecule has 0 aliphatic heterocycles. The highest BCUT2D eigenvalue weighted by atomic mass is 35.5. The average Bonchev–Trinajstić information content (AvgIpc) is 2.45. The molecule has 2 rings (SSSR count). The number of carbonyl (C=O) groups is 1. The van der Waals surface area contributed by atoms with E-state index in [-0.39, 0.29) is 12.4 Å². The van der Waals surface area contributed by atoms with E-state index in [0.29, 0.717) is 5.56 Å². The van der Waals surface area contributed by atoms with Crippen molar-refractivity contribution in [2.75, 3.05) is 19.0 Å². The maximum atomic E-state index is 12.6. The first-order valence-corrected chi connectivity index (χ1v) is 6.78. The minimum Gasteiger partial charge on any atom is -0.332 e. The van der Waals surface area contributed by atoms with Crippen LogP contribution in [0.3, 0.4) is 0 Å². The number of benzene rings is 2. The molecular weight excluding hydrogens is 284 g/mol.